The first-order valence-corrected chi connectivity index (χ1v) is 6.58. The first-order chi connectivity index (χ1) is 9.24. The van der Waals surface area contributed by atoms with E-state index in [1.807, 2.05) is 12.1 Å². The van der Waals surface area contributed by atoms with Crippen molar-refractivity contribution in [2.75, 3.05) is 25.0 Å². The average molecular weight is 295 g/mol. The smallest absolute Gasteiger partial charge is 0.223 e. The monoisotopic (exact) mass is 294 g/mol. The van der Waals surface area contributed by atoms with Crippen LogP contribution in [0.2, 0.25) is 0 Å². The zero-order valence-corrected chi connectivity index (χ0v) is 12.5. The van der Waals surface area contributed by atoms with Crippen molar-refractivity contribution in [1.29, 1.82) is 0 Å². The minimum Gasteiger partial charge on any atom is -0.370 e. The van der Waals surface area contributed by atoms with Gasteiger partial charge in [-0.05, 0) is 37.2 Å². The summed E-state index contributed by atoms with van der Waals surface area (Å²) in [7, 11) is 2.14. The molecular formula is C14H19ClN4O. The van der Waals surface area contributed by atoms with Crippen molar-refractivity contribution in [3.05, 3.63) is 30.2 Å². The predicted molar refractivity (Wildman–Crippen MR) is 81.4 cm³/mol. The van der Waals surface area contributed by atoms with Crippen molar-refractivity contribution >= 4 is 18.1 Å². The molecule has 1 fully saturated rings. The molecule has 5 nitrogen and oxygen atoms in total. The number of benzene rings is 1. The van der Waals surface area contributed by atoms with Crippen molar-refractivity contribution in [1.82, 2.24) is 15.5 Å². The SMILES string of the molecule is Cc1nc(-c2ccc(N(C)C3CCNC3)cc2)no1.Cl. The van der Waals surface area contributed by atoms with E-state index in [9.17, 15) is 0 Å². The van der Waals surface area contributed by atoms with Crippen LogP contribution in [0.4, 0.5) is 5.69 Å². The molecule has 1 saturated heterocycles. The molecule has 1 N–H and O–H groups in total. The Morgan fingerprint density at radius 2 is 2.05 bits per heavy atom. The van der Waals surface area contributed by atoms with Crippen molar-refractivity contribution in [2.45, 2.75) is 19.4 Å². The van der Waals surface area contributed by atoms with Crippen LogP contribution in [0.5, 0.6) is 0 Å². The molecule has 1 aliphatic heterocycles. The number of hydrogen-bond donors (Lipinski definition) is 1. The summed E-state index contributed by atoms with van der Waals surface area (Å²) >= 11 is 0. The van der Waals surface area contributed by atoms with Gasteiger partial charge in [-0.3, -0.25) is 0 Å². The maximum atomic E-state index is 5.00. The van der Waals surface area contributed by atoms with Gasteiger partial charge < -0.3 is 14.7 Å². The molecule has 3 rings (SSSR count). The van der Waals surface area contributed by atoms with Crippen molar-refractivity contribution < 1.29 is 4.52 Å². The topological polar surface area (TPSA) is 54.2 Å². The number of hydrogen-bond acceptors (Lipinski definition) is 5. The Hall–Kier alpha value is -1.59. The fraction of sp³-hybridized carbons (Fsp3) is 0.429. The van der Waals surface area contributed by atoms with Crippen molar-refractivity contribution in [3.63, 3.8) is 0 Å². The Balaban J connectivity index is 0.00000147. The molecule has 1 unspecified atom stereocenters. The van der Waals surface area contributed by atoms with Gasteiger partial charge >= 0.3 is 0 Å². The van der Waals surface area contributed by atoms with E-state index in [0.717, 1.165) is 18.7 Å². The van der Waals surface area contributed by atoms with Crippen molar-refractivity contribution in [2.24, 2.45) is 0 Å². The van der Waals surface area contributed by atoms with Gasteiger partial charge in [-0.25, -0.2) is 0 Å². The fourth-order valence-electron chi connectivity index (χ4n) is 2.44. The Bertz CT molecular complexity index is 549. The van der Waals surface area contributed by atoms with Crippen LogP contribution in [-0.2, 0) is 0 Å². The van der Waals surface area contributed by atoms with Crippen LogP contribution in [0, 0.1) is 6.92 Å². The van der Waals surface area contributed by atoms with Crippen LogP contribution >= 0.6 is 12.4 Å². The summed E-state index contributed by atoms with van der Waals surface area (Å²) in [6, 6.07) is 8.88. The van der Waals surface area contributed by atoms with Gasteiger partial charge in [-0.1, -0.05) is 5.16 Å². The Kier molecular flexibility index (Phi) is 4.62. The van der Waals surface area contributed by atoms with E-state index in [4.69, 9.17) is 4.52 Å². The molecule has 1 aliphatic rings. The number of rotatable bonds is 3. The number of aromatic nitrogens is 2. The second-order valence-electron chi connectivity index (χ2n) is 4.94. The highest BCUT2D eigenvalue weighted by molar-refractivity contribution is 5.85. The highest BCUT2D eigenvalue weighted by Crippen LogP contribution is 2.22. The minimum absolute atomic E-state index is 0. The molecule has 1 aromatic carbocycles. The van der Waals surface area contributed by atoms with Crippen LogP contribution in [0.3, 0.4) is 0 Å². The molecule has 0 aliphatic carbocycles. The maximum absolute atomic E-state index is 5.00. The van der Waals surface area contributed by atoms with Crippen LogP contribution in [0.25, 0.3) is 11.4 Å². The number of nitrogens with one attached hydrogen (secondary N) is 1. The molecule has 1 aromatic heterocycles. The highest BCUT2D eigenvalue weighted by Gasteiger charge is 2.19. The maximum Gasteiger partial charge on any atom is 0.223 e. The summed E-state index contributed by atoms with van der Waals surface area (Å²) in [5.74, 6) is 1.24. The molecule has 1 atom stereocenters. The van der Waals surface area contributed by atoms with E-state index >= 15 is 0 Å². The normalized spacial score (nSPS) is 17.8. The molecule has 0 saturated carbocycles. The molecule has 108 valence electrons. The van der Waals surface area contributed by atoms with Crippen molar-refractivity contribution in [3.8, 4) is 11.4 Å². The first kappa shape index (κ1) is 14.8. The first-order valence-electron chi connectivity index (χ1n) is 6.58. The Morgan fingerprint density at radius 1 is 1.30 bits per heavy atom. The number of aryl methyl sites for hydroxylation is 1. The van der Waals surface area contributed by atoms with Gasteiger partial charge in [0, 0.05) is 37.8 Å². The van der Waals surface area contributed by atoms with Gasteiger partial charge in [-0.15, -0.1) is 12.4 Å². The molecule has 2 aromatic rings. The van der Waals surface area contributed by atoms with E-state index < -0.39 is 0 Å². The number of halogens is 1. The quantitative estimate of drug-likeness (QED) is 0.941. The predicted octanol–water partition coefficient (Wildman–Crippen LogP) is 2.26. The largest absolute Gasteiger partial charge is 0.370 e. The Morgan fingerprint density at radius 3 is 2.60 bits per heavy atom. The summed E-state index contributed by atoms with van der Waals surface area (Å²) < 4.78 is 5.00. The summed E-state index contributed by atoms with van der Waals surface area (Å²) in [4.78, 5) is 6.56. The third kappa shape index (κ3) is 2.94. The Labute approximate surface area is 124 Å². The van der Waals surface area contributed by atoms with Gasteiger partial charge in [0.05, 0.1) is 0 Å². The molecule has 0 spiro atoms. The van der Waals surface area contributed by atoms with Crippen LogP contribution in [0.15, 0.2) is 28.8 Å². The summed E-state index contributed by atoms with van der Waals surface area (Å²) in [6.07, 6.45) is 1.20. The average Bonchev–Trinajstić information content (AvgIpc) is 3.09. The molecule has 0 radical (unpaired) electrons. The second kappa shape index (κ2) is 6.24. The second-order valence-corrected chi connectivity index (χ2v) is 4.94. The van der Waals surface area contributed by atoms with E-state index in [-0.39, 0.29) is 12.4 Å². The van der Waals surface area contributed by atoms with Gasteiger partial charge in [0.1, 0.15) is 0 Å². The lowest BCUT2D eigenvalue weighted by molar-refractivity contribution is 0.394. The molecule has 0 bridgehead atoms. The number of anilines is 1. The third-order valence-electron chi connectivity index (χ3n) is 3.64. The molecular weight excluding hydrogens is 276 g/mol. The van der Waals surface area contributed by atoms with E-state index in [0.29, 0.717) is 17.8 Å². The summed E-state index contributed by atoms with van der Waals surface area (Å²) in [6.45, 7) is 3.96. The van der Waals surface area contributed by atoms with E-state index in [1.165, 1.54) is 12.1 Å². The van der Waals surface area contributed by atoms with Gasteiger partial charge in [0.2, 0.25) is 11.7 Å². The summed E-state index contributed by atoms with van der Waals surface area (Å²) in [5, 5.41) is 7.32. The van der Waals surface area contributed by atoms with Gasteiger partial charge in [0.25, 0.3) is 0 Å². The summed E-state index contributed by atoms with van der Waals surface area (Å²) in [5.41, 5.74) is 2.20. The number of nitrogens with zero attached hydrogens (tertiary/aromatic N) is 3. The lowest BCUT2D eigenvalue weighted by Crippen LogP contribution is -2.33. The lowest BCUT2D eigenvalue weighted by atomic mass is 10.1. The van der Waals surface area contributed by atoms with Crippen LogP contribution in [0.1, 0.15) is 12.3 Å². The zero-order chi connectivity index (χ0) is 13.2. The standard InChI is InChI=1S/C14H18N4O.ClH/c1-10-16-14(17-19-10)11-3-5-12(6-4-11)18(2)13-7-8-15-9-13;/h3-6,13,15H,7-9H2,1-2H3;1H. The molecule has 6 heteroatoms. The van der Waals surface area contributed by atoms with Gasteiger partial charge in [-0.2, -0.15) is 4.98 Å². The lowest BCUT2D eigenvalue weighted by Gasteiger charge is -2.26. The van der Waals surface area contributed by atoms with E-state index in [2.05, 4.69) is 39.5 Å². The molecule has 0 amide bonds. The molecule has 20 heavy (non-hydrogen) atoms. The fourth-order valence-corrected chi connectivity index (χ4v) is 2.44. The van der Waals surface area contributed by atoms with Gasteiger partial charge in [0.15, 0.2) is 0 Å². The zero-order valence-electron chi connectivity index (χ0n) is 11.7. The highest BCUT2D eigenvalue weighted by atomic mass is 35.5. The third-order valence-corrected chi connectivity index (χ3v) is 3.64. The van der Waals surface area contributed by atoms with Crippen LogP contribution in [-0.4, -0.2) is 36.3 Å². The minimum atomic E-state index is 0. The molecule has 2 heterocycles. The van der Waals surface area contributed by atoms with E-state index in [1.54, 1.807) is 6.92 Å². The van der Waals surface area contributed by atoms with Crippen LogP contribution < -0.4 is 10.2 Å². The number of likely N-dealkylation sites (N-methyl/N-ethyl adjacent to an activating group) is 1.